The summed E-state index contributed by atoms with van der Waals surface area (Å²) in [7, 11) is 1.77. The predicted molar refractivity (Wildman–Crippen MR) is 58.0 cm³/mol. The Morgan fingerprint density at radius 3 is 2.46 bits per heavy atom. The molecule has 0 aromatic carbocycles. The van der Waals surface area contributed by atoms with Gasteiger partial charge in [0.15, 0.2) is 0 Å². The zero-order valence-corrected chi connectivity index (χ0v) is 9.81. The molecule has 80 valence electrons. The second-order valence-electron chi connectivity index (χ2n) is 4.66. The highest BCUT2D eigenvalue weighted by Crippen LogP contribution is 2.22. The van der Waals surface area contributed by atoms with E-state index >= 15 is 0 Å². The molecule has 1 atom stereocenters. The molecule has 0 saturated carbocycles. The molecule has 0 bridgehead atoms. The molecule has 0 aliphatic rings. The summed E-state index contributed by atoms with van der Waals surface area (Å²) in [6.45, 7) is 10.9. The van der Waals surface area contributed by atoms with Crippen LogP contribution in [0.4, 0.5) is 0 Å². The number of nitrogens with one attached hydrogen (secondary N) is 1. The highest BCUT2D eigenvalue weighted by molar-refractivity contribution is 4.74. The second kappa shape index (κ2) is 6.39. The van der Waals surface area contributed by atoms with Crippen LogP contribution in [0.15, 0.2) is 0 Å². The molecule has 0 radical (unpaired) electrons. The molecule has 0 heterocycles. The fraction of sp³-hybridized carbons (Fsp3) is 1.00. The molecule has 2 heteroatoms. The van der Waals surface area contributed by atoms with E-state index in [4.69, 9.17) is 4.74 Å². The lowest BCUT2D eigenvalue weighted by molar-refractivity contribution is 0.0913. The van der Waals surface area contributed by atoms with Crippen molar-refractivity contribution >= 4 is 0 Å². The van der Waals surface area contributed by atoms with Crippen LogP contribution in [0.5, 0.6) is 0 Å². The molecule has 0 aliphatic heterocycles. The molecule has 0 fully saturated rings. The van der Waals surface area contributed by atoms with Crippen LogP contribution < -0.4 is 5.32 Å². The monoisotopic (exact) mass is 187 g/mol. The Labute approximate surface area is 83.1 Å². The number of hydrogen-bond acceptors (Lipinski definition) is 2. The second-order valence-corrected chi connectivity index (χ2v) is 4.66. The molecule has 0 aromatic rings. The van der Waals surface area contributed by atoms with Gasteiger partial charge in [-0.2, -0.15) is 0 Å². The zero-order chi connectivity index (χ0) is 10.3. The van der Waals surface area contributed by atoms with Crippen LogP contribution in [0, 0.1) is 5.41 Å². The summed E-state index contributed by atoms with van der Waals surface area (Å²) < 4.78 is 5.18. The van der Waals surface area contributed by atoms with Crippen molar-refractivity contribution in [3.8, 4) is 0 Å². The Kier molecular flexibility index (Phi) is 6.35. The Hall–Kier alpha value is -0.0800. The van der Waals surface area contributed by atoms with Gasteiger partial charge < -0.3 is 10.1 Å². The average Bonchev–Trinajstić information content (AvgIpc) is 1.99. The largest absolute Gasteiger partial charge is 0.384 e. The van der Waals surface area contributed by atoms with Crippen molar-refractivity contribution in [2.24, 2.45) is 5.41 Å². The van der Waals surface area contributed by atoms with Gasteiger partial charge in [-0.3, -0.25) is 0 Å². The summed E-state index contributed by atoms with van der Waals surface area (Å²) in [5.41, 5.74) is 0.287. The standard InChI is InChI=1S/C11H25NO/c1-6-7-12-10(2)8-11(3,4)9-13-5/h10,12H,6-9H2,1-5H3. The van der Waals surface area contributed by atoms with Crippen molar-refractivity contribution in [2.45, 2.75) is 46.6 Å². The first-order chi connectivity index (χ1) is 6.02. The minimum absolute atomic E-state index is 0.287. The molecule has 13 heavy (non-hydrogen) atoms. The van der Waals surface area contributed by atoms with Crippen LogP contribution >= 0.6 is 0 Å². The van der Waals surface area contributed by atoms with Crippen molar-refractivity contribution in [1.29, 1.82) is 0 Å². The van der Waals surface area contributed by atoms with Crippen molar-refractivity contribution < 1.29 is 4.74 Å². The fourth-order valence-corrected chi connectivity index (χ4v) is 1.74. The molecule has 0 amide bonds. The normalized spacial score (nSPS) is 14.5. The number of rotatable bonds is 7. The predicted octanol–water partition coefficient (Wildman–Crippen LogP) is 2.44. The van der Waals surface area contributed by atoms with Crippen LogP contribution in [0.3, 0.4) is 0 Å². The van der Waals surface area contributed by atoms with Crippen LogP contribution in [-0.2, 0) is 4.74 Å². The number of methoxy groups -OCH3 is 1. The van der Waals surface area contributed by atoms with Gasteiger partial charge in [-0.25, -0.2) is 0 Å². The van der Waals surface area contributed by atoms with Crippen LogP contribution in [0.1, 0.15) is 40.5 Å². The lowest BCUT2D eigenvalue weighted by Crippen LogP contribution is -2.33. The van der Waals surface area contributed by atoms with Gasteiger partial charge in [0.05, 0.1) is 6.61 Å². The van der Waals surface area contributed by atoms with E-state index in [2.05, 4.69) is 33.0 Å². The van der Waals surface area contributed by atoms with Gasteiger partial charge in [0.2, 0.25) is 0 Å². The molecule has 2 nitrogen and oxygen atoms in total. The van der Waals surface area contributed by atoms with Gasteiger partial charge in [0.25, 0.3) is 0 Å². The molecule has 1 unspecified atom stereocenters. The van der Waals surface area contributed by atoms with Gasteiger partial charge in [0, 0.05) is 13.2 Å². The smallest absolute Gasteiger partial charge is 0.0513 e. The van der Waals surface area contributed by atoms with Gasteiger partial charge in [-0.15, -0.1) is 0 Å². The number of hydrogen-bond donors (Lipinski definition) is 1. The summed E-state index contributed by atoms with van der Waals surface area (Å²) >= 11 is 0. The first-order valence-corrected chi connectivity index (χ1v) is 5.24. The van der Waals surface area contributed by atoms with Crippen molar-refractivity contribution in [3.63, 3.8) is 0 Å². The van der Waals surface area contributed by atoms with Gasteiger partial charge in [0.1, 0.15) is 0 Å². The van der Waals surface area contributed by atoms with Crippen molar-refractivity contribution in [3.05, 3.63) is 0 Å². The van der Waals surface area contributed by atoms with E-state index in [9.17, 15) is 0 Å². The third-order valence-electron chi connectivity index (χ3n) is 2.14. The first-order valence-electron chi connectivity index (χ1n) is 5.24. The third-order valence-corrected chi connectivity index (χ3v) is 2.14. The molecule has 0 rings (SSSR count). The van der Waals surface area contributed by atoms with E-state index in [1.165, 1.54) is 12.8 Å². The van der Waals surface area contributed by atoms with E-state index in [1.807, 2.05) is 0 Å². The van der Waals surface area contributed by atoms with Crippen LogP contribution in [0.2, 0.25) is 0 Å². The SMILES string of the molecule is CCCNC(C)CC(C)(C)COC. The van der Waals surface area contributed by atoms with Gasteiger partial charge >= 0.3 is 0 Å². The Morgan fingerprint density at radius 2 is 2.00 bits per heavy atom. The summed E-state index contributed by atoms with van der Waals surface area (Å²) in [6, 6.07) is 0.588. The molecule has 0 aliphatic carbocycles. The molecular formula is C11H25NO. The van der Waals surface area contributed by atoms with E-state index < -0.39 is 0 Å². The maximum atomic E-state index is 5.18. The van der Waals surface area contributed by atoms with Gasteiger partial charge in [-0.05, 0) is 31.7 Å². The molecule has 1 N–H and O–H groups in total. The van der Waals surface area contributed by atoms with Crippen LogP contribution in [0.25, 0.3) is 0 Å². The Balaban J connectivity index is 3.68. The topological polar surface area (TPSA) is 21.3 Å². The highest BCUT2D eigenvalue weighted by Gasteiger charge is 2.20. The Morgan fingerprint density at radius 1 is 1.38 bits per heavy atom. The Bertz CT molecular complexity index is 123. The lowest BCUT2D eigenvalue weighted by atomic mass is 9.87. The zero-order valence-electron chi connectivity index (χ0n) is 9.81. The summed E-state index contributed by atoms with van der Waals surface area (Å²) in [5, 5.41) is 3.49. The van der Waals surface area contributed by atoms with Crippen LogP contribution in [-0.4, -0.2) is 26.3 Å². The van der Waals surface area contributed by atoms with E-state index in [1.54, 1.807) is 7.11 Å². The molecule has 0 spiro atoms. The first kappa shape index (κ1) is 12.9. The number of ether oxygens (including phenoxy) is 1. The summed E-state index contributed by atoms with van der Waals surface area (Å²) in [5.74, 6) is 0. The highest BCUT2D eigenvalue weighted by atomic mass is 16.5. The summed E-state index contributed by atoms with van der Waals surface area (Å²) in [6.07, 6.45) is 2.37. The average molecular weight is 187 g/mol. The molecular weight excluding hydrogens is 162 g/mol. The van der Waals surface area contributed by atoms with Crippen molar-refractivity contribution in [2.75, 3.05) is 20.3 Å². The van der Waals surface area contributed by atoms with Crippen molar-refractivity contribution in [1.82, 2.24) is 5.32 Å². The minimum Gasteiger partial charge on any atom is -0.384 e. The lowest BCUT2D eigenvalue weighted by Gasteiger charge is -2.27. The summed E-state index contributed by atoms with van der Waals surface area (Å²) in [4.78, 5) is 0. The fourth-order valence-electron chi connectivity index (χ4n) is 1.74. The van der Waals surface area contributed by atoms with E-state index in [0.29, 0.717) is 6.04 Å². The maximum absolute atomic E-state index is 5.18. The maximum Gasteiger partial charge on any atom is 0.0513 e. The van der Waals surface area contributed by atoms with E-state index in [-0.39, 0.29) is 5.41 Å². The quantitative estimate of drug-likeness (QED) is 0.661. The van der Waals surface area contributed by atoms with E-state index in [0.717, 1.165) is 13.2 Å². The minimum atomic E-state index is 0.287. The van der Waals surface area contributed by atoms with Gasteiger partial charge in [-0.1, -0.05) is 20.8 Å². The third kappa shape index (κ3) is 7.03. The molecule has 0 aromatic heterocycles. The molecule has 0 saturated heterocycles.